The van der Waals surface area contributed by atoms with E-state index >= 15 is 0 Å². The fourth-order valence-corrected chi connectivity index (χ4v) is 2.10. The van der Waals surface area contributed by atoms with Crippen molar-refractivity contribution in [1.29, 1.82) is 0 Å². The third kappa shape index (κ3) is 1.91. The molecule has 3 rings (SSSR count). The summed E-state index contributed by atoms with van der Waals surface area (Å²) in [4.78, 5) is 31.4. The molecule has 0 spiro atoms. The minimum atomic E-state index is -0.491. The van der Waals surface area contributed by atoms with E-state index in [1.54, 1.807) is 31.5 Å². The highest BCUT2D eigenvalue weighted by Gasteiger charge is 2.21. The number of fused-ring (bicyclic) bond motifs is 1. The quantitative estimate of drug-likeness (QED) is 0.586. The van der Waals surface area contributed by atoms with E-state index in [4.69, 9.17) is 4.74 Å². The molecule has 1 aliphatic heterocycles. The highest BCUT2D eigenvalue weighted by atomic mass is 16.6. The maximum absolute atomic E-state index is 11.6. The van der Waals surface area contributed by atoms with Gasteiger partial charge in [0, 0.05) is 37.2 Å². The molecule has 0 saturated heterocycles. The number of cyclic esters (lactones) is 1. The molecular formula is C14H11N3O3. The highest BCUT2D eigenvalue weighted by Crippen LogP contribution is 2.23. The number of aliphatic imine (C=N–C) groups is 1. The molecule has 0 aromatic carbocycles. The van der Waals surface area contributed by atoms with Gasteiger partial charge in [0.05, 0.1) is 0 Å². The molecule has 0 bridgehead atoms. The molecule has 0 unspecified atom stereocenters. The number of ether oxygens (including phenoxy) is 1. The molecule has 100 valence electrons. The summed E-state index contributed by atoms with van der Waals surface area (Å²) in [6, 6.07) is 3.61. The molecule has 0 fully saturated rings. The van der Waals surface area contributed by atoms with Gasteiger partial charge in [0.25, 0.3) is 0 Å². The Bertz CT molecular complexity index is 799. The molecule has 0 N–H and O–H groups in total. The van der Waals surface area contributed by atoms with Crippen molar-refractivity contribution in [3.05, 3.63) is 35.8 Å². The molecule has 0 atom stereocenters. The van der Waals surface area contributed by atoms with Gasteiger partial charge in [-0.2, -0.15) is 0 Å². The molecule has 6 nitrogen and oxygen atoms in total. The maximum atomic E-state index is 11.6. The second-order valence-electron chi connectivity index (χ2n) is 4.40. The lowest BCUT2D eigenvalue weighted by atomic mass is 10.2. The first-order valence-electron chi connectivity index (χ1n) is 6.02. The Labute approximate surface area is 114 Å². The van der Waals surface area contributed by atoms with Crippen LogP contribution in [0, 0.1) is 0 Å². The molecule has 20 heavy (non-hydrogen) atoms. The molecule has 6 heteroatoms. The lowest BCUT2D eigenvalue weighted by Crippen LogP contribution is -2.03. The average Bonchev–Trinajstić information content (AvgIpc) is 2.92. The molecular weight excluding hydrogens is 258 g/mol. The predicted molar refractivity (Wildman–Crippen MR) is 73.2 cm³/mol. The third-order valence-electron chi connectivity index (χ3n) is 2.95. The van der Waals surface area contributed by atoms with Gasteiger partial charge < -0.3 is 4.74 Å². The van der Waals surface area contributed by atoms with Crippen LogP contribution in [0.15, 0.2) is 35.2 Å². The Hall–Kier alpha value is -2.76. The molecule has 2 aromatic rings. The van der Waals surface area contributed by atoms with Crippen LogP contribution in [-0.4, -0.2) is 27.3 Å². The lowest BCUT2D eigenvalue weighted by molar-refractivity contribution is -0.130. The minimum Gasteiger partial charge on any atom is -0.407 e. The van der Waals surface area contributed by atoms with Gasteiger partial charge in [-0.05, 0) is 18.2 Å². The van der Waals surface area contributed by atoms with Crippen LogP contribution in [-0.2, 0) is 9.53 Å². The number of aromatic nitrogens is 2. The van der Waals surface area contributed by atoms with Crippen LogP contribution in [0.1, 0.15) is 24.2 Å². The largest absolute Gasteiger partial charge is 0.407 e. The van der Waals surface area contributed by atoms with Crippen LogP contribution in [0.5, 0.6) is 0 Å². The van der Waals surface area contributed by atoms with Gasteiger partial charge in [0.2, 0.25) is 5.91 Å². The monoisotopic (exact) mass is 269 g/mol. The van der Waals surface area contributed by atoms with E-state index in [0.717, 1.165) is 5.39 Å². The van der Waals surface area contributed by atoms with Crippen LogP contribution in [0.4, 0.5) is 0 Å². The van der Waals surface area contributed by atoms with E-state index < -0.39 is 5.97 Å². The van der Waals surface area contributed by atoms with E-state index in [0.29, 0.717) is 17.1 Å². The Balaban J connectivity index is 2.20. The number of hydrogen-bond acceptors (Lipinski definition) is 5. The van der Waals surface area contributed by atoms with Gasteiger partial charge >= 0.3 is 5.97 Å². The van der Waals surface area contributed by atoms with Crippen molar-refractivity contribution in [2.75, 3.05) is 0 Å². The van der Waals surface area contributed by atoms with Crippen LogP contribution >= 0.6 is 0 Å². The first-order valence-corrected chi connectivity index (χ1v) is 6.02. The van der Waals surface area contributed by atoms with Crippen LogP contribution < -0.4 is 0 Å². The molecule has 3 heterocycles. The second-order valence-corrected chi connectivity index (χ2v) is 4.40. The second kappa shape index (κ2) is 4.41. The van der Waals surface area contributed by atoms with E-state index in [1.807, 2.05) is 6.07 Å². The molecule has 2 aromatic heterocycles. The smallest absolute Gasteiger partial charge is 0.363 e. The normalized spacial score (nSPS) is 16.6. The molecule has 0 amide bonds. The van der Waals surface area contributed by atoms with Crippen LogP contribution in [0.25, 0.3) is 17.1 Å². The SMILES string of the molecule is CC(=O)n1cc(/C=C2\N=C(C)OC2=O)c2cccnc21. The minimum absolute atomic E-state index is 0.146. The number of pyridine rings is 1. The summed E-state index contributed by atoms with van der Waals surface area (Å²) < 4.78 is 6.31. The zero-order chi connectivity index (χ0) is 14.3. The van der Waals surface area contributed by atoms with Gasteiger partial charge in [0.15, 0.2) is 11.6 Å². The number of carbonyl (C=O) groups is 2. The molecule has 0 saturated carbocycles. The van der Waals surface area contributed by atoms with Gasteiger partial charge in [0.1, 0.15) is 5.65 Å². The number of hydrogen-bond donors (Lipinski definition) is 0. The van der Waals surface area contributed by atoms with Crippen LogP contribution in [0.2, 0.25) is 0 Å². The number of esters is 1. The summed E-state index contributed by atoms with van der Waals surface area (Å²) in [5.74, 6) is -0.322. The summed E-state index contributed by atoms with van der Waals surface area (Å²) in [7, 11) is 0. The fraction of sp³-hybridized carbons (Fsp3) is 0.143. The Kier molecular flexibility index (Phi) is 2.71. The number of rotatable bonds is 1. The maximum Gasteiger partial charge on any atom is 0.363 e. The van der Waals surface area contributed by atoms with Crippen LogP contribution in [0.3, 0.4) is 0 Å². The van der Waals surface area contributed by atoms with Gasteiger partial charge in [-0.3, -0.25) is 9.36 Å². The standard InChI is InChI=1S/C14H11N3O3/c1-8-16-12(14(19)20-8)6-10-7-17(9(2)18)13-11(10)4-3-5-15-13/h3-7H,1-2H3/b12-6-. The Morgan fingerprint density at radius 1 is 1.45 bits per heavy atom. The van der Waals surface area contributed by atoms with E-state index in [-0.39, 0.29) is 11.6 Å². The summed E-state index contributed by atoms with van der Waals surface area (Å²) in [6.07, 6.45) is 4.86. The number of nitrogens with zero attached hydrogens (tertiary/aromatic N) is 3. The van der Waals surface area contributed by atoms with Gasteiger partial charge in [-0.25, -0.2) is 14.8 Å². The van der Waals surface area contributed by atoms with Crippen molar-refractivity contribution in [3.8, 4) is 0 Å². The van der Waals surface area contributed by atoms with E-state index in [9.17, 15) is 9.59 Å². The molecule has 1 aliphatic rings. The van der Waals surface area contributed by atoms with Crippen molar-refractivity contribution in [1.82, 2.24) is 9.55 Å². The zero-order valence-corrected chi connectivity index (χ0v) is 11.0. The predicted octanol–water partition coefficient (Wildman–Crippen LogP) is 2.01. The van der Waals surface area contributed by atoms with Crippen molar-refractivity contribution >= 4 is 34.9 Å². The van der Waals surface area contributed by atoms with Crippen molar-refractivity contribution in [2.45, 2.75) is 13.8 Å². The summed E-state index contributed by atoms with van der Waals surface area (Å²) in [5, 5.41) is 0.780. The van der Waals surface area contributed by atoms with Crippen molar-refractivity contribution in [3.63, 3.8) is 0 Å². The average molecular weight is 269 g/mol. The van der Waals surface area contributed by atoms with E-state index in [1.165, 1.54) is 11.5 Å². The molecule has 0 radical (unpaired) electrons. The lowest BCUT2D eigenvalue weighted by Gasteiger charge is -1.95. The first-order chi connectivity index (χ1) is 9.56. The van der Waals surface area contributed by atoms with Gasteiger partial charge in [-0.1, -0.05) is 0 Å². The molecule has 0 aliphatic carbocycles. The Morgan fingerprint density at radius 2 is 2.25 bits per heavy atom. The summed E-state index contributed by atoms with van der Waals surface area (Å²) in [5.41, 5.74) is 1.47. The first kappa shape index (κ1) is 12.3. The number of carbonyl (C=O) groups excluding carboxylic acids is 2. The van der Waals surface area contributed by atoms with Crippen molar-refractivity contribution < 1.29 is 14.3 Å². The Morgan fingerprint density at radius 3 is 2.90 bits per heavy atom. The highest BCUT2D eigenvalue weighted by molar-refractivity contribution is 6.08. The summed E-state index contributed by atoms with van der Waals surface area (Å²) >= 11 is 0. The third-order valence-corrected chi connectivity index (χ3v) is 2.95. The van der Waals surface area contributed by atoms with E-state index in [2.05, 4.69) is 9.98 Å². The van der Waals surface area contributed by atoms with Crippen molar-refractivity contribution in [2.24, 2.45) is 4.99 Å². The summed E-state index contributed by atoms with van der Waals surface area (Å²) in [6.45, 7) is 3.07. The topological polar surface area (TPSA) is 73.6 Å². The van der Waals surface area contributed by atoms with Gasteiger partial charge in [-0.15, -0.1) is 0 Å². The fourth-order valence-electron chi connectivity index (χ4n) is 2.10. The zero-order valence-electron chi connectivity index (χ0n) is 11.0.